The molecule has 0 aliphatic carbocycles. The van der Waals surface area contributed by atoms with Gasteiger partial charge in [-0.05, 0) is 37.1 Å². The Kier molecular flexibility index (Phi) is 4.30. The van der Waals surface area contributed by atoms with E-state index in [4.69, 9.17) is 0 Å². The Balaban J connectivity index is 1.95. The molecule has 1 aromatic carbocycles. The number of carbonyl (C=O) groups is 1. The summed E-state index contributed by atoms with van der Waals surface area (Å²) in [7, 11) is 0. The minimum atomic E-state index is -0.303. The van der Waals surface area contributed by atoms with Crippen LogP contribution in [-0.4, -0.2) is 22.0 Å². The summed E-state index contributed by atoms with van der Waals surface area (Å²) in [4.78, 5) is 15.7. The van der Waals surface area contributed by atoms with Gasteiger partial charge in [0, 0.05) is 12.2 Å². The van der Waals surface area contributed by atoms with Gasteiger partial charge in [-0.15, -0.1) is 0 Å². The van der Waals surface area contributed by atoms with E-state index in [0.717, 1.165) is 5.56 Å². The lowest BCUT2D eigenvalue weighted by Gasteiger charge is -2.14. The molecule has 0 saturated carbocycles. The van der Waals surface area contributed by atoms with Gasteiger partial charge in [0.2, 0.25) is 0 Å². The Hall–Kier alpha value is -2.43. The zero-order chi connectivity index (χ0) is 14.5. The van der Waals surface area contributed by atoms with Crippen molar-refractivity contribution in [3.8, 4) is 5.75 Å². The Morgan fingerprint density at radius 3 is 2.70 bits per heavy atom. The highest BCUT2D eigenvalue weighted by molar-refractivity contribution is 5.94. The van der Waals surface area contributed by atoms with Gasteiger partial charge in [-0.3, -0.25) is 9.78 Å². The quantitative estimate of drug-likeness (QED) is 0.899. The number of carbonyl (C=O) groups excluding carboxylic acids is 1. The number of hydrogen-bond acceptors (Lipinski definition) is 3. The maximum absolute atomic E-state index is 12.8. The summed E-state index contributed by atoms with van der Waals surface area (Å²) in [5, 5.41) is 12.1. The van der Waals surface area contributed by atoms with E-state index in [1.807, 2.05) is 6.92 Å². The third kappa shape index (κ3) is 3.78. The van der Waals surface area contributed by atoms with E-state index in [2.05, 4.69) is 10.3 Å². The second-order valence-electron chi connectivity index (χ2n) is 4.64. The van der Waals surface area contributed by atoms with Gasteiger partial charge < -0.3 is 10.4 Å². The molecule has 20 heavy (non-hydrogen) atoms. The molecule has 2 aromatic rings. The number of nitrogens with zero attached hydrogens (tertiary/aromatic N) is 1. The first-order valence-corrected chi connectivity index (χ1v) is 6.24. The lowest BCUT2D eigenvalue weighted by molar-refractivity contribution is 0.0939. The van der Waals surface area contributed by atoms with Crippen LogP contribution in [0.2, 0.25) is 0 Å². The summed E-state index contributed by atoms with van der Waals surface area (Å²) < 4.78 is 12.8. The highest BCUT2D eigenvalue weighted by atomic mass is 19.1. The van der Waals surface area contributed by atoms with Crippen LogP contribution in [0.15, 0.2) is 42.7 Å². The molecule has 5 heteroatoms. The van der Waals surface area contributed by atoms with E-state index in [0.29, 0.717) is 12.0 Å². The van der Waals surface area contributed by atoms with E-state index in [9.17, 15) is 14.3 Å². The van der Waals surface area contributed by atoms with Crippen molar-refractivity contribution in [1.82, 2.24) is 10.3 Å². The van der Waals surface area contributed by atoms with Crippen molar-refractivity contribution in [2.45, 2.75) is 19.4 Å². The van der Waals surface area contributed by atoms with E-state index in [-0.39, 0.29) is 23.5 Å². The van der Waals surface area contributed by atoms with E-state index in [1.165, 1.54) is 30.6 Å². The average molecular weight is 274 g/mol. The van der Waals surface area contributed by atoms with Gasteiger partial charge in [0.15, 0.2) is 0 Å². The summed E-state index contributed by atoms with van der Waals surface area (Å²) >= 11 is 0. The van der Waals surface area contributed by atoms with Crippen molar-refractivity contribution in [1.29, 1.82) is 0 Å². The molecule has 0 spiro atoms. The third-order valence-corrected chi connectivity index (χ3v) is 2.82. The zero-order valence-electron chi connectivity index (χ0n) is 11.0. The van der Waals surface area contributed by atoms with Crippen molar-refractivity contribution in [2.75, 3.05) is 0 Å². The number of aromatic hydroxyl groups is 1. The molecule has 104 valence electrons. The normalized spacial score (nSPS) is 11.9. The second kappa shape index (κ2) is 6.14. The van der Waals surface area contributed by atoms with E-state index >= 15 is 0 Å². The van der Waals surface area contributed by atoms with Crippen LogP contribution < -0.4 is 5.32 Å². The summed E-state index contributed by atoms with van der Waals surface area (Å²) in [6.07, 6.45) is 3.25. The SMILES string of the molecule is CC(Cc1ccc(F)cc1)NC(=O)c1cncc(O)c1. The number of rotatable bonds is 4. The maximum Gasteiger partial charge on any atom is 0.253 e. The molecule has 2 N–H and O–H groups in total. The molecule has 1 heterocycles. The number of amides is 1. The summed E-state index contributed by atoms with van der Waals surface area (Å²) in [6.45, 7) is 1.86. The highest BCUT2D eigenvalue weighted by Crippen LogP contribution is 2.10. The molecule has 0 fully saturated rings. The Bertz CT molecular complexity index is 599. The standard InChI is InChI=1S/C15H15FN2O2/c1-10(6-11-2-4-13(16)5-3-11)18-15(20)12-7-14(19)9-17-8-12/h2-5,7-10,19H,6H2,1H3,(H,18,20). The van der Waals surface area contributed by atoms with Crippen LogP contribution in [0.25, 0.3) is 0 Å². The van der Waals surface area contributed by atoms with Crippen molar-refractivity contribution in [3.63, 3.8) is 0 Å². The molecule has 1 aromatic heterocycles. The van der Waals surface area contributed by atoms with Gasteiger partial charge in [-0.25, -0.2) is 4.39 Å². The van der Waals surface area contributed by atoms with Gasteiger partial charge in [0.1, 0.15) is 11.6 Å². The predicted molar refractivity (Wildman–Crippen MR) is 72.9 cm³/mol. The van der Waals surface area contributed by atoms with E-state index < -0.39 is 0 Å². The van der Waals surface area contributed by atoms with Gasteiger partial charge in [-0.1, -0.05) is 12.1 Å². The van der Waals surface area contributed by atoms with Gasteiger partial charge >= 0.3 is 0 Å². The molecular weight excluding hydrogens is 259 g/mol. The Morgan fingerprint density at radius 1 is 1.35 bits per heavy atom. The zero-order valence-corrected chi connectivity index (χ0v) is 11.0. The molecular formula is C15H15FN2O2. The monoisotopic (exact) mass is 274 g/mol. The topological polar surface area (TPSA) is 62.2 Å². The molecule has 0 aliphatic heterocycles. The molecule has 0 aliphatic rings. The number of aromatic nitrogens is 1. The highest BCUT2D eigenvalue weighted by Gasteiger charge is 2.11. The number of pyridine rings is 1. The fourth-order valence-corrected chi connectivity index (χ4v) is 1.88. The molecule has 1 amide bonds. The number of nitrogens with one attached hydrogen (secondary N) is 1. The van der Waals surface area contributed by atoms with Crippen molar-refractivity contribution in [2.24, 2.45) is 0 Å². The van der Waals surface area contributed by atoms with Crippen LogP contribution in [0.4, 0.5) is 4.39 Å². The van der Waals surface area contributed by atoms with Crippen LogP contribution in [0.5, 0.6) is 5.75 Å². The van der Waals surface area contributed by atoms with Gasteiger partial charge in [0.05, 0.1) is 11.8 Å². The molecule has 0 radical (unpaired) electrons. The Morgan fingerprint density at radius 2 is 2.05 bits per heavy atom. The van der Waals surface area contributed by atoms with Crippen molar-refractivity contribution in [3.05, 3.63) is 59.7 Å². The molecule has 1 unspecified atom stereocenters. The van der Waals surface area contributed by atoms with Crippen molar-refractivity contribution >= 4 is 5.91 Å². The average Bonchev–Trinajstić information content (AvgIpc) is 2.41. The first-order valence-electron chi connectivity index (χ1n) is 6.24. The lowest BCUT2D eigenvalue weighted by atomic mass is 10.1. The van der Waals surface area contributed by atoms with Crippen LogP contribution >= 0.6 is 0 Å². The molecule has 2 rings (SSSR count). The summed E-state index contributed by atoms with van der Waals surface area (Å²) in [6, 6.07) is 7.40. The number of hydrogen-bond donors (Lipinski definition) is 2. The van der Waals surface area contributed by atoms with E-state index in [1.54, 1.807) is 12.1 Å². The second-order valence-corrected chi connectivity index (χ2v) is 4.64. The summed E-state index contributed by atoms with van der Waals surface area (Å²) in [5.41, 5.74) is 1.24. The number of benzene rings is 1. The summed E-state index contributed by atoms with van der Waals surface area (Å²) in [5.74, 6) is -0.636. The lowest BCUT2D eigenvalue weighted by Crippen LogP contribution is -2.34. The fraction of sp³-hybridized carbons (Fsp3) is 0.200. The number of halogens is 1. The van der Waals surface area contributed by atoms with Crippen molar-refractivity contribution < 1.29 is 14.3 Å². The Labute approximate surface area is 116 Å². The maximum atomic E-state index is 12.8. The predicted octanol–water partition coefficient (Wildman–Crippen LogP) is 2.29. The first-order chi connectivity index (χ1) is 9.54. The largest absolute Gasteiger partial charge is 0.506 e. The molecule has 0 bridgehead atoms. The van der Waals surface area contributed by atoms with Crippen LogP contribution in [0.3, 0.4) is 0 Å². The van der Waals surface area contributed by atoms with Gasteiger partial charge in [0.25, 0.3) is 5.91 Å². The molecule has 1 atom stereocenters. The third-order valence-electron chi connectivity index (χ3n) is 2.82. The minimum Gasteiger partial charge on any atom is -0.506 e. The minimum absolute atomic E-state index is 0.0520. The molecule has 0 saturated heterocycles. The van der Waals surface area contributed by atoms with Gasteiger partial charge in [-0.2, -0.15) is 0 Å². The first kappa shape index (κ1) is 14.0. The smallest absolute Gasteiger partial charge is 0.253 e. The van der Waals surface area contributed by atoms with Crippen LogP contribution in [0.1, 0.15) is 22.8 Å². The molecule has 4 nitrogen and oxygen atoms in total. The van der Waals surface area contributed by atoms with Crippen LogP contribution in [-0.2, 0) is 6.42 Å². The van der Waals surface area contributed by atoms with Crippen LogP contribution in [0, 0.1) is 5.82 Å². The fourth-order valence-electron chi connectivity index (χ4n) is 1.88.